The average molecular weight is 308 g/mol. The van der Waals surface area contributed by atoms with Gasteiger partial charge in [0.1, 0.15) is 5.82 Å². The van der Waals surface area contributed by atoms with Crippen molar-refractivity contribution in [1.29, 1.82) is 0 Å². The van der Waals surface area contributed by atoms with Crippen LogP contribution in [0, 0.1) is 0 Å². The normalized spacial score (nSPS) is 20.0. The molecule has 2 heterocycles. The van der Waals surface area contributed by atoms with Crippen LogP contribution in [-0.4, -0.2) is 63.4 Å². The predicted octanol–water partition coefficient (Wildman–Crippen LogP) is 1.65. The molecule has 1 aliphatic rings. The monoisotopic (exact) mass is 308 g/mol. The number of likely N-dealkylation sites (N-methyl/N-ethyl adjacent to an activating group) is 1. The number of rotatable bonds is 6. The zero-order valence-electron chi connectivity index (χ0n) is 13.0. The topological polar surface area (TPSA) is 49.3 Å². The third-order valence-electron chi connectivity index (χ3n) is 4.01. The lowest BCUT2D eigenvalue weighted by molar-refractivity contribution is -0.130. The SMILES string of the molecule is CSC(C)CC(=O)N1CCC(N(C)Cc2ncccn2)C1. The molecule has 0 spiro atoms. The molecule has 21 heavy (non-hydrogen) atoms. The van der Waals surface area contributed by atoms with Crippen LogP contribution >= 0.6 is 11.8 Å². The van der Waals surface area contributed by atoms with Gasteiger partial charge in [0, 0.05) is 43.2 Å². The second-order valence-corrected chi connectivity index (χ2v) is 6.89. The molecule has 2 atom stereocenters. The summed E-state index contributed by atoms with van der Waals surface area (Å²) in [5.41, 5.74) is 0. The van der Waals surface area contributed by atoms with Gasteiger partial charge in [-0.05, 0) is 25.8 Å². The molecule has 6 heteroatoms. The molecule has 0 aliphatic carbocycles. The van der Waals surface area contributed by atoms with Crippen molar-refractivity contribution >= 4 is 17.7 Å². The van der Waals surface area contributed by atoms with Crippen molar-refractivity contribution in [3.05, 3.63) is 24.3 Å². The van der Waals surface area contributed by atoms with Crippen LogP contribution in [0.25, 0.3) is 0 Å². The first-order valence-electron chi connectivity index (χ1n) is 7.37. The Morgan fingerprint density at radius 2 is 2.24 bits per heavy atom. The van der Waals surface area contributed by atoms with Crippen LogP contribution in [-0.2, 0) is 11.3 Å². The minimum Gasteiger partial charge on any atom is -0.341 e. The zero-order valence-corrected chi connectivity index (χ0v) is 13.8. The van der Waals surface area contributed by atoms with Crippen LogP contribution in [0.1, 0.15) is 25.6 Å². The van der Waals surface area contributed by atoms with Crippen molar-refractivity contribution in [2.75, 3.05) is 26.4 Å². The van der Waals surface area contributed by atoms with Crippen LogP contribution in [0.15, 0.2) is 18.5 Å². The van der Waals surface area contributed by atoms with E-state index < -0.39 is 0 Å². The lowest BCUT2D eigenvalue weighted by atomic mass is 10.2. The van der Waals surface area contributed by atoms with E-state index in [4.69, 9.17) is 0 Å². The number of carbonyl (C=O) groups is 1. The van der Waals surface area contributed by atoms with E-state index in [0.717, 1.165) is 31.9 Å². The first-order valence-corrected chi connectivity index (χ1v) is 8.65. The highest BCUT2D eigenvalue weighted by Gasteiger charge is 2.29. The zero-order chi connectivity index (χ0) is 15.2. The van der Waals surface area contributed by atoms with Gasteiger partial charge in [-0.1, -0.05) is 6.92 Å². The molecule has 0 radical (unpaired) electrons. The minimum absolute atomic E-state index is 0.281. The number of carbonyl (C=O) groups excluding carboxylic acids is 1. The fourth-order valence-electron chi connectivity index (χ4n) is 2.55. The van der Waals surface area contributed by atoms with E-state index in [-0.39, 0.29) is 5.91 Å². The van der Waals surface area contributed by atoms with Gasteiger partial charge in [-0.15, -0.1) is 0 Å². The Morgan fingerprint density at radius 1 is 1.52 bits per heavy atom. The number of hydrogen-bond acceptors (Lipinski definition) is 5. The average Bonchev–Trinajstić information content (AvgIpc) is 2.98. The molecule has 1 saturated heterocycles. The Morgan fingerprint density at radius 3 is 2.90 bits per heavy atom. The lowest BCUT2D eigenvalue weighted by Crippen LogP contribution is -2.37. The van der Waals surface area contributed by atoms with Crippen molar-refractivity contribution < 1.29 is 4.79 Å². The molecule has 1 aromatic heterocycles. The molecular weight excluding hydrogens is 284 g/mol. The van der Waals surface area contributed by atoms with E-state index in [0.29, 0.717) is 17.7 Å². The Balaban J connectivity index is 1.83. The molecule has 5 nitrogen and oxygen atoms in total. The fraction of sp³-hybridized carbons (Fsp3) is 0.667. The second kappa shape index (κ2) is 7.75. The number of likely N-dealkylation sites (tertiary alicyclic amines) is 1. The van der Waals surface area contributed by atoms with Crippen molar-refractivity contribution in [3.63, 3.8) is 0 Å². The smallest absolute Gasteiger partial charge is 0.223 e. The van der Waals surface area contributed by atoms with E-state index >= 15 is 0 Å². The van der Waals surface area contributed by atoms with E-state index in [2.05, 4.69) is 35.1 Å². The second-order valence-electron chi connectivity index (χ2n) is 5.61. The van der Waals surface area contributed by atoms with Crippen LogP contribution < -0.4 is 0 Å². The van der Waals surface area contributed by atoms with Gasteiger partial charge in [-0.25, -0.2) is 9.97 Å². The maximum Gasteiger partial charge on any atom is 0.223 e. The number of hydrogen-bond donors (Lipinski definition) is 0. The van der Waals surface area contributed by atoms with Crippen LogP contribution in [0.3, 0.4) is 0 Å². The van der Waals surface area contributed by atoms with Gasteiger partial charge in [0.15, 0.2) is 0 Å². The number of nitrogens with zero attached hydrogens (tertiary/aromatic N) is 4. The van der Waals surface area contributed by atoms with Gasteiger partial charge in [-0.3, -0.25) is 9.69 Å². The molecule has 116 valence electrons. The van der Waals surface area contributed by atoms with Crippen molar-refractivity contribution in [2.45, 2.75) is 37.6 Å². The van der Waals surface area contributed by atoms with Gasteiger partial charge < -0.3 is 4.90 Å². The summed E-state index contributed by atoms with van der Waals surface area (Å²) >= 11 is 1.75. The molecule has 0 N–H and O–H groups in total. The molecule has 1 aromatic rings. The number of thioether (sulfide) groups is 1. The Bertz CT molecular complexity index is 456. The van der Waals surface area contributed by atoms with Crippen molar-refractivity contribution in [2.24, 2.45) is 0 Å². The molecule has 0 saturated carbocycles. The first kappa shape index (κ1) is 16.2. The van der Waals surface area contributed by atoms with E-state index in [1.54, 1.807) is 24.2 Å². The van der Waals surface area contributed by atoms with Crippen molar-refractivity contribution in [1.82, 2.24) is 19.8 Å². The Kier molecular flexibility index (Phi) is 5.99. The fourth-order valence-corrected chi connectivity index (χ4v) is 2.86. The molecule has 0 aromatic carbocycles. The summed E-state index contributed by atoms with van der Waals surface area (Å²) in [6, 6.07) is 2.23. The maximum atomic E-state index is 12.2. The van der Waals surface area contributed by atoms with Gasteiger partial charge >= 0.3 is 0 Å². The van der Waals surface area contributed by atoms with Crippen LogP contribution in [0.5, 0.6) is 0 Å². The van der Waals surface area contributed by atoms with Gasteiger partial charge in [0.05, 0.1) is 6.54 Å². The standard InChI is InChI=1S/C15H24N4OS/c1-12(21-3)9-15(20)19-8-5-13(10-19)18(2)11-14-16-6-4-7-17-14/h4,6-7,12-13H,5,8-11H2,1-3H3. The van der Waals surface area contributed by atoms with Gasteiger partial charge in [0.2, 0.25) is 5.91 Å². The highest BCUT2D eigenvalue weighted by molar-refractivity contribution is 7.99. The number of amides is 1. The van der Waals surface area contributed by atoms with Crippen LogP contribution in [0.2, 0.25) is 0 Å². The van der Waals surface area contributed by atoms with Gasteiger partial charge in [0.25, 0.3) is 0 Å². The molecule has 2 unspecified atom stereocenters. The number of aromatic nitrogens is 2. The first-order chi connectivity index (χ1) is 10.1. The molecule has 0 bridgehead atoms. The Labute approximate surface area is 131 Å². The van der Waals surface area contributed by atoms with Gasteiger partial charge in [-0.2, -0.15) is 11.8 Å². The third kappa shape index (κ3) is 4.68. The Hall–Kier alpha value is -1.14. The summed E-state index contributed by atoms with van der Waals surface area (Å²) in [6.45, 7) is 4.53. The molecular formula is C15H24N4OS. The minimum atomic E-state index is 0.281. The molecule has 1 fully saturated rings. The summed E-state index contributed by atoms with van der Waals surface area (Å²) in [4.78, 5) is 25.0. The third-order valence-corrected chi connectivity index (χ3v) is 4.99. The molecule has 1 aliphatic heterocycles. The predicted molar refractivity (Wildman–Crippen MR) is 86.1 cm³/mol. The van der Waals surface area contributed by atoms with E-state index in [1.807, 2.05) is 11.0 Å². The highest BCUT2D eigenvalue weighted by atomic mass is 32.2. The summed E-state index contributed by atoms with van der Waals surface area (Å²) in [5.74, 6) is 1.12. The van der Waals surface area contributed by atoms with Crippen LogP contribution in [0.4, 0.5) is 0 Å². The highest BCUT2D eigenvalue weighted by Crippen LogP contribution is 2.19. The summed E-state index contributed by atoms with van der Waals surface area (Å²) in [7, 11) is 2.08. The lowest BCUT2D eigenvalue weighted by Gasteiger charge is -2.24. The largest absolute Gasteiger partial charge is 0.341 e. The summed E-state index contributed by atoms with van der Waals surface area (Å²) in [5, 5.41) is 0.395. The quantitative estimate of drug-likeness (QED) is 0.800. The maximum absolute atomic E-state index is 12.2. The molecule has 2 rings (SSSR count). The summed E-state index contributed by atoms with van der Waals surface area (Å²) < 4.78 is 0. The van der Waals surface area contributed by atoms with Crippen molar-refractivity contribution in [3.8, 4) is 0 Å². The summed E-state index contributed by atoms with van der Waals surface area (Å²) in [6.07, 6.45) is 7.26. The molecule has 1 amide bonds. The van der Waals surface area contributed by atoms with E-state index in [9.17, 15) is 4.79 Å². The van der Waals surface area contributed by atoms with E-state index in [1.165, 1.54) is 0 Å².